The summed E-state index contributed by atoms with van der Waals surface area (Å²) in [5.74, 6) is 0. The highest BCUT2D eigenvalue weighted by atomic mass is 79.9. The molecule has 0 heterocycles. The molecule has 0 aliphatic rings. The molecule has 2 aromatic rings. The Morgan fingerprint density at radius 2 is 1.64 bits per heavy atom. The van der Waals surface area contributed by atoms with Crippen molar-refractivity contribution >= 4 is 55.0 Å². The van der Waals surface area contributed by atoms with Crippen LogP contribution in [0.5, 0.6) is 0 Å². The molecule has 0 nitrogen and oxygen atoms in total. The van der Waals surface area contributed by atoms with E-state index in [0.717, 1.165) is 24.9 Å². The minimum absolute atomic E-state index is 0.869. The van der Waals surface area contributed by atoms with E-state index in [1.165, 1.54) is 44.1 Å². The molecule has 0 amide bonds. The summed E-state index contributed by atoms with van der Waals surface area (Å²) in [5.41, 5.74) is 3.64. The van der Waals surface area contributed by atoms with E-state index in [1.54, 1.807) is 0 Å². The van der Waals surface area contributed by atoms with Gasteiger partial charge in [-0.2, -0.15) is 0 Å². The molecule has 0 N–H and O–H groups in total. The molecule has 0 unspecified atom stereocenters. The van der Waals surface area contributed by atoms with Crippen LogP contribution in [-0.4, -0.2) is 4.86 Å². The fraction of sp³-hybridized carbons (Fsp3) is 0.318. The van der Waals surface area contributed by atoms with Crippen molar-refractivity contribution in [2.24, 2.45) is 0 Å². The fourth-order valence-electron chi connectivity index (χ4n) is 2.65. The van der Waals surface area contributed by atoms with E-state index < -0.39 is 0 Å². The van der Waals surface area contributed by atoms with Crippen molar-refractivity contribution in [2.45, 2.75) is 45.4 Å². The van der Waals surface area contributed by atoms with Crippen LogP contribution in [0, 0.1) is 0 Å². The van der Waals surface area contributed by atoms with Crippen LogP contribution in [0.3, 0.4) is 0 Å². The lowest BCUT2D eigenvalue weighted by molar-refractivity contribution is 0.632. The second kappa shape index (κ2) is 11.1. The second-order valence-corrected chi connectivity index (χ2v) is 8.38. The maximum absolute atomic E-state index is 5.55. The summed E-state index contributed by atoms with van der Waals surface area (Å²) in [6, 6.07) is 14.9. The third kappa shape index (κ3) is 7.16. The van der Waals surface area contributed by atoms with Crippen molar-refractivity contribution in [2.75, 3.05) is 0 Å². The first kappa shape index (κ1) is 20.5. The summed E-state index contributed by atoms with van der Waals surface area (Å²) in [7, 11) is 0. The molecule has 2 rings (SSSR count). The van der Waals surface area contributed by atoms with Crippen LogP contribution in [0.1, 0.15) is 55.7 Å². The van der Waals surface area contributed by atoms with Gasteiger partial charge in [-0.3, -0.25) is 0 Å². The van der Waals surface area contributed by atoms with E-state index in [0.29, 0.717) is 0 Å². The van der Waals surface area contributed by atoms with Crippen molar-refractivity contribution in [1.82, 2.24) is 0 Å². The lowest BCUT2D eigenvalue weighted by Crippen LogP contribution is -1.94. The fourth-order valence-corrected chi connectivity index (χ4v) is 3.50. The van der Waals surface area contributed by atoms with Gasteiger partial charge in [0.1, 0.15) is 0 Å². The SMILES string of the molecule is CCCCCCCc1ccc(C(=S)C=Cc2ccc(Br)c(Br)c2)cc1. The number of rotatable bonds is 9. The minimum atomic E-state index is 0.869. The molecular weight excluding hydrogens is 456 g/mol. The number of halogens is 2. The topological polar surface area (TPSA) is 0 Å². The number of allylic oxidation sites excluding steroid dienone is 1. The van der Waals surface area contributed by atoms with Gasteiger partial charge in [-0.05, 0) is 79.6 Å². The van der Waals surface area contributed by atoms with E-state index in [1.807, 2.05) is 12.1 Å². The summed E-state index contributed by atoms with van der Waals surface area (Å²) in [6.07, 6.45) is 11.9. The molecule has 0 aromatic heterocycles. The minimum Gasteiger partial charge on any atom is -0.0795 e. The molecule has 0 aliphatic carbocycles. The molecule has 25 heavy (non-hydrogen) atoms. The summed E-state index contributed by atoms with van der Waals surface area (Å²) in [5, 5.41) is 0. The van der Waals surface area contributed by atoms with Crippen LogP contribution in [0.25, 0.3) is 6.08 Å². The maximum atomic E-state index is 5.55. The Morgan fingerprint density at radius 3 is 2.32 bits per heavy atom. The highest BCUT2D eigenvalue weighted by Crippen LogP contribution is 2.24. The number of aryl methyl sites for hydroxylation is 1. The zero-order valence-corrected chi connectivity index (χ0v) is 18.6. The normalized spacial score (nSPS) is 11.2. The molecule has 0 atom stereocenters. The number of hydrogen-bond donors (Lipinski definition) is 0. The van der Waals surface area contributed by atoms with Crippen LogP contribution in [-0.2, 0) is 6.42 Å². The molecule has 0 aliphatic heterocycles. The first-order valence-corrected chi connectivity index (χ1v) is 10.9. The number of hydrogen-bond acceptors (Lipinski definition) is 1. The Morgan fingerprint density at radius 1 is 0.920 bits per heavy atom. The van der Waals surface area contributed by atoms with E-state index in [-0.39, 0.29) is 0 Å². The standard InChI is InChI=1S/C22H24Br2S/c1-2-3-4-5-6-7-17-8-12-19(13-9-17)22(25)15-11-18-10-14-20(23)21(24)16-18/h8-16H,2-7H2,1H3. The zero-order chi connectivity index (χ0) is 18.1. The highest BCUT2D eigenvalue weighted by Gasteiger charge is 2.00. The van der Waals surface area contributed by atoms with Crippen molar-refractivity contribution in [3.8, 4) is 0 Å². The number of thiocarbonyl (C=S) groups is 1. The van der Waals surface area contributed by atoms with Gasteiger partial charge in [0.2, 0.25) is 0 Å². The average Bonchev–Trinajstić information content (AvgIpc) is 2.63. The lowest BCUT2D eigenvalue weighted by atomic mass is 10.0. The summed E-state index contributed by atoms with van der Waals surface area (Å²) in [4.78, 5) is 0.869. The Balaban J connectivity index is 1.89. The Bertz CT molecular complexity index is 717. The molecule has 3 heteroatoms. The molecule has 0 saturated carbocycles. The van der Waals surface area contributed by atoms with Crippen molar-refractivity contribution < 1.29 is 0 Å². The van der Waals surface area contributed by atoms with Gasteiger partial charge in [-0.1, -0.05) is 81.2 Å². The van der Waals surface area contributed by atoms with Crippen molar-refractivity contribution in [3.05, 3.63) is 74.2 Å². The Kier molecular flexibility index (Phi) is 9.08. The summed E-state index contributed by atoms with van der Waals surface area (Å²) < 4.78 is 2.10. The van der Waals surface area contributed by atoms with E-state index in [9.17, 15) is 0 Å². The van der Waals surface area contributed by atoms with Crippen LogP contribution >= 0.6 is 44.1 Å². The smallest absolute Gasteiger partial charge is 0.0449 e. The molecule has 0 radical (unpaired) electrons. The van der Waals surface area contributed by atoms with Gasteiger partial charge in [-0.25, -0.2) is 0 Å². The Hall–Kier alpha value is -0.770. The van der Waals surface area contributed by atoms with Gasteiger partial charge in [0.05, 0.1) is 0 Å². The zero-order valence-electron chi connectivity index (χ0n) is 14.6. The molecule has 0 bridgehead atoms. The van der Waals surface area contributed by atoms with Crippen LogP contribution in [0.15, 0.2) is 57.5 Å². The van der Waals surface area contributed by atoms with Gasteiger partial charge >= 0.3 is 0 Å². The number of benzene rings is 2. The highest BCUT2D eigenvalue weighted by molar-refractivity contribution is 9.13. The quantitative estimate of drug-likeness (QED) is 0.151. The first-order chi connectivity index (χ1) is 12.1. The van der Waals surface area contributed by atoms with E-state index in [4.69, 9.17) is 12.2 Å². The summed E-state index contributed by atoms with van der Waals surface area (Å²) in [6.45, 7) is 2.26. The monoisotopic (exact) mass is 478 g/mol. The molecule has 0 saturated heterocycles. The second-order valence-electron chi connectivity index (χ2n) is 6.23. The summed E-state index contributed by atoms with van der Waals surface area (Å²) >= 11 is 12.6. The van der Waals surface area contributed by atoms with Crippen molar-refractivity contribution in [1.29, 1.82) is 0 Å². The third-order valence-corrected chi connectivity index (χ3v) is 6.43. The van der Waals surface area contributed by atoms with Crippen LogP contribution in [0.4, 0.5) is 0 Å². The van der Waals surface area contributed by atoms with Crippen LogP contribution in [0.2, 0.25) is 0 Å². The maximum Gasteiger partial charge on any atom is 0.0449 e. The van der Waals surface area contributed by atoms with Gasteiger partial charge in [0.25, 0.3) is 0 Å². The van der Waals surface area contributed by atoms with Crippen molar-refractivity contribution in [3.63, 3.8) is 0 Å². The largest absolute Gasteiger partial charge is 0.0795 e. The van der Waals surface area contributed by atoms with Gasteiger partial charge in [-0.15, -0.1) is 0 Å². The molecule has 0 spiro atoms. The molecular formula is C22H24Br2S. The van der Waals surface area contributed by atoms with E-state index in [2.05, 4.69) is 81.3 Å². The van der Waals surface area contributed by atoms with Gasteiger partial charge < -0.3 is 0 Å². The Labute approximate surface area is 174 Å². The van der Waals surface area contributed by atoms with Crippen LogP contribution < -0.4 is 0 Å². The molecule has 0 fully saturated rings. The number of unbranched alkanes of at least 4 members (excludes halogenated alkanes) is 4. The van der Waals surface area contributed by atoms with Gasteiger partial charge in [0.15, 0.2) is 0 Å². The van der Waals surface area contributed by atoms with E-state index >= 15 is 0 Å². The third-order valence-electron chi connectivity index (χ3n) is 4.18. The predicted octanol–water partition coefficient (Wildman–Crippen LogP) is 8.16. The average molecular weight is 480 g/mol. The lowest BCUT2D eigenvalue weighted by Gasteiger charge is -2.04. The van der Waals surface area contributed by atoms with Gasteiger partial charge in [0, 0.05) is 13.8 Å². The first-order valence-electron chi connectivity index (χ1n) is 8.86. The molecule has 132 valence electrons. The predicted molar refractivity (Wildman–Crippen MR) is 121 cm³/mol. The molecule has 2 aromatic carbocycles.